The van der Waals surface area contributed by atoms with Crippen molar-refractivity contribution in [1.82, 2.24) is 0 Å². The standard InChI is InChI=1S/C16H13BrO2/c1-11-2-4-12(5-3-11)15(18)8-6-13-10-14(17)7-9-16(13)19/h2-10,19H,1H3/b8-6+. The third kappa shape index (κ3) is 3.55. The summed E-state index contributed by atoms with van der Waals surface area (Å²) < 4.78 is 0.854. The number of aromatic hydroxyl groups is 1. The number of ketones is 1. The lowest BCUT2D eigenvalue weighted by Gasteiger charge is -2.00. The van der Waals surface area contributed by atoms with Crippen molar-refractivity contribution < 1.29 is 9.90 Å². The molecule has 0 saturated carbocycles. The maximum Gasteiger partial charge on any atom is 0.185 e. The Morgan fingerprint density at radius 2 is 1.84 bits per heavy atom. The van der Waals surface area contributed by atoms with Gasteiger partial charge in [0.15, 0.2) is 5.78 Å². The van der Waals surface area contributed by atoms with E-state index in [0.29, 0.717) is 11.1 Å². The fraction of sp³-hybridized carbons (Fsp3) is 0.0625. The molecule has 0 aliphatic heterocycles. The monoisotopic (exact) mass is 316 g/mol. The van der Waals surface area contributed by atoms with E-state index in [-0.39, 0.29) is 11.5 Å². The largest absolute Gasteiger partial charge is 0.507 e. The highest BCUT2D eigenvalue weighted by molar-refractivity contribution is 9.10. The lowest BCUT2D eigenvalue weighted by molar-refractivity contribution is 0.104. The molecule has 0 radical (unpaired) electrons. The zero-order valence-corrected chi connectivity index (χ0v) is 12.0. The van der Waals surface area contributed by atoms with Gasteiger partial charge in [-0.1, -0.05) is 45.8 Å². The molecular formula is C16H13BrO2. The van der Waals surface area contributed by atoms with Crippen LogP contribution in [-0.4, -0.2) is 10.9 Å². The summed E-state index contributed by atoms with van der Waals surface area (Å²) >= 11 is 3.33. The van der Waals surface area contributed by atoms with Gasteiger partial charge < -0.3 is 5.11 Å². The molecule has 3 heteroatoms. The number of aryl methyl sites for hydroxylation is 1. The second kappa shape index (κ2) is 5.85. The average Bonchev–Trinajstić information content (AvgIpc) is 2.40. The van der Waals surface area contributed by atoms with E-state index < -0.39 is 0 Å². The number of rotatable bonds is 3. The van der Waals surface area contributed by atoms with Gasteiger partial charge in [-0.3, -0.25) is 4.79 Å². The number of benzene rings is 2. The third-order valence-corrected chi connectivity index (χ3v) is 3.23. The fourth-order valence-corrected chi connectivity index (χ4v) is 2.02. The molecule has 0 heterocycles. The summed E-state index contributed by atoms with van der Waals surface area (Å²) in [5, 5.41) is 9.67. The Morgan fingerprint density at radius 1 is 1.16 bits per heavy atom. The Hall–Kier alpha value is -1.87. The van der Waals surface area contributed by atoms with Crippen molar-refractivity contribution in [2.75, 3.05) is 0 Å². The zero-order chi connectivity index (χ0) is 13.8. The maximum absolute atomic E-state index is 11.9. The summed E-state index contributed by atoms with van der Waals surface area (Å²) in [6.45, 7) is 1.98. The molecule has 0 fully saturated rings. The van der Waals surface area contributed by atoms with Crippen LogP contribution < -0.4 is 0 Å². The molecule has 0 aliphatic carbocycles. The predicted molar refractivity (Wildman–Crippen MR) is 80.4 cm³/mol. The number of phenolic OH excluding ortho intramolecular Hbond substituents is 1. The van der Waals surface area contributed by atoms with Crippen molar-refractivity contribution >= 4 is 27.8 Å². The molecule has 0 aromatic heterocycles. The van der Waals surface area contributed by atoms with Crippen molar-refractivity contribution in [2.45, 2.75) is 6.92 Å². The molecule has 96 valence electrons. The average molecular weight is 317 g/mol. The van der Waals surface area contributed by atoms with Crippen LogP contribution in [0.3, 0.4) is 0 Å². The lowest BCUT2D eigenvalue weighted by Crippen LogP contribution is -1.93. The Bertz CT molecular complexity index is 628. The summed E-state index contributed by atoms with van der Waals surface area (Å²) in [5.74, 6) is 0.0653. The van der Waals surface area contributed by atoms with E-state index in [1.807, 2.05) is 19.1 Å². The van der Waals surface area contributed by atoms with E-state index in [1.54, 1.807) is 36.4 Å². The summed E-state index contributed by atoms with van der Waals surface area (Å²) in [5.41, 5.74) is 2.36. The first kappa shape index (κ1) is 13.6. The van der Waals surface area contributed by atoms with Crippen LogP contribution in [0.1, 0.15) is 21.5 Å². The zero-order valence-electron chi connectivity index (χ0n) is 10.4. The summed E-state index contributed by atoms with van der Waals surface area (Å²) in [7, 11) is 0. The van der Waals surface area contributed by atoms with Crippen LogP contribution in [0.5, 0.6) is 5.75 Å². The molecular weight excluding hydrogens is 304 g/mol. The molecule has 2 nitrogen and oxygen atoms in total. The number of carbonyl (C=O) groups excluding carboxylic acids is 1. The minimum absolute atomic E-state index is 0.0839. The molecule has 0 unspecified atom stereocenters. The molecule has 0 bridgehead atoms. The van der Waals surface area contributed by atoms with E-state index in [1.165, 1.54) is 6.08 Å². The number of phenols is 1. The van der Waals surface area contributed by atoms with Gasteiger partial charge in [0, 0.05) is 15.6 Å². The quantitative estimate of drug-likeness (QED) is 0.674. The Balaban J connectivity index is 2.20. The molecule has 0 spiro atoms. The molecule has 2 aromatic rings. The first-order valence-corrected chi connectivity index (χ1v) is 6.63. The number of hydrogen-bond acceptors (Lipinski definition) is 2. The predicted octanol–water partition coefficient (Wildman–Crippen LogP) is 4.36. The third-order valence-electron chi connectivity index (χ3n) is 2.74. The molecule has 0 atom stereocenters. The summed E-state index contributed by atoms with van der Waals surface area (Å²) in [4.78, 5) is 11.9. The van der Waals surface area contributed by atoms with E-state index in [2.05, 4.69) is 15.9 Å². The smallest absolute Gasteiger partial charge is 0.185 e. The van der Waals surface area contributed by atoms with E-state index >= 15 is 0 Å². The van der Waals surface area contributed by atoms with Crippen molar-refractivity contribution in [3.8, 4) is 5.75 Å². The van der Waals surface area contributed by atoms with E-state index in [9.17, 15) is 9.90 Å². The molecule has 0 aliphatic rings. The van der Waals surface area contributed by atoms with Gasteiger partial charge >= 0.3 is 0 Å². The summed E-state index contributed by atoms with van der Waals surface area (Å²) in [6, 6.07) is 12.5. The normalized spacial score (nSPS) is 10.8. The number of allylic oxidation sites excluding steroid dienone is 1. The van der Waals surface area contributed by atoms with Gasteiger partial charge in [-0.05, 0) is 37.3 Å². The molecule has 1 N–H and O–H groups in total. The van der Waals surface area contributed by atoms with Crippen molar-refractivity contribution in [3.05, 3.63) is 69.7 Å². The van der Waals surface area contributed by atoms with Gasteiger partial charge in [0.25, 0.3) is 0 Å². The van der Waals surface area contributed by atoms with Crippen LogP contribution in [0.15, 0.2) is 53.0 Å². The number of halogens is 1. The van der Waals surface area contributed by atoms with Crippen LogP contribution in [-0.2, 0) is 0 Å². The van der Waals surface area contributed by atoms with Gasteiger partial charge in [-0.15, -0.1) is 0 Å². The number of hydrogen-bond donors (Lipinski definition) is 1. The lowest BCUT2D eigenvalue weighted by atomic mass is 10.1. The van der Waals surface area contributed by atoms with Crippen LogP contribution in [0.25, 0.3) is 6.08 Å². The Morgan fingerprint density at radius 3 is 2.53 bits per heavy atom. The van der Waals surface area contributed by atoms with Crippen molar-refractivity contribution in [3.63, 3.8) is 0 Å². The maximum atomic E-state index is 11.9. The molecule has 0 saturated heterocycles. The van der Waals surface area contributed by atoms with Crippen molar-refractivity contribution in [2.24, 2.45) is 0 Å². The first-order valence-electron chi connectivity index (χ1n) is 5.84. The minimum atomic E-state index is -0.0839. The molecule has 0 amide bonds. The molecule has 2 rings (SSSR count). The minimum Gasteiger partial charge on any atom is -0.507 e. The van der Waals surface area contributed by atoms with Gasteiger partial charge in [0.1, 0.15) is 5.75 Å². The van der Waals surface area contributed by atoms with Gasteiger partial charge in [0.05, 0.1) is 0 Å². The van der Waals surface area contributed by atoms with Gasteiger partial charge in [0.2, 0.25) is 0 Å². The highest BCUT2D eigenvalue weighted by Crippen LogP contribution is 2.23. The van der Waals surface area contributed by atoms with Gasteiger partial charge in [-0.25, -0.2) is 0 Å². The highest BCUT2D eigenvalue weighted by Gasteiger charge is 2.02. The SMILES string of the molecule is Cc1ccc(C(=O)/C=C/c2cc(Br)ccc2O)cc1. The highest BCUT2D eigenvalue weighted by atomic mass is 79.9. The Kier molecular flexibility index (Phi) is 4.17. The first-order chi connectivity index (χ1) is 9.06. The van der Waals surface area contributed by atoms with Crippen LogP contribution in [0, 0.1) is 6.92 Å². The van der Waals surface area contributed by atoms with E-state index in [0.717, 1.165) is 10.0 Å². The molecule has 2 aromatic carbocycles. The Labute approximate surface area is 120 Å². The van der Waals surface area contributed by atoms with Gasteiger partial charge in [-0.2, -0.15) is 0 Å². The summed E-state index contributed by atoms with van der Waals surface area (Å²) in [6.07, 6.45) is 3.08. The fourth-order valence-electron chi connectivity index (χ4n) is 1.64. The number of carbonyl (C=O) groups is 1. The second-order valence-corrected chi connectivity index (χ2v) is 5.18. The topological polar surface area (TPSA) is 37.3 Å². The van der Waals surface area contributed by atoms with Crippen LogP contribution >= 0.6 is 15.9 Å². The van der Waals surface area contributed by atoms with E-state index in [4.69, 9.17) is 0 Å². The molecule has 19 heavy (non-hydrogen) atoms. The van der Waals surface area contributed by atoms with Crippen LogP contribution in [0.4, 0.5) is 0 Å². The van der Waals surface area contributed by atoms with Crippen molar-refractivity contribution in [1.29, 1.82) is 0 Å². The van der Waals surface area contributed by atoms with Crippen LogP contribution in [0.2, 0.25) is 0 Å². The second-order valence-electron chi connectivity index (χ2n) is 4.27.